The summed E-state index contributed by atoms with van der Waals surface area (Å²) in [5, 5.41) is 4.00. The van der Waals surface area contributed by atoms with Gasteiger partial charge in [0.05, 0.1) is 17.6 Å². The Balaban J connectivity index is 2.23. The van der Waals surface area contributed by atoms with Crippen LogP contribution in [0.1, 0.15) is 10.6 Å². The fourth-order valence-electron chi connectivity index (χ4n) is 1.73. The Kier molecular flexibility index (Phi) is 4.88. The molecule has 0 aliphatic carbocycles. The third-order valence-corrected chi connectivity index (χ3v) is 5.99. The van der Waals surface area contributed by atoms with Crippen LogP contribution in [0.15, 0.2) is 29.3 Å². The minimum atomic E-state index is -3.45. The Morgan fingerprint density at radius 1 is 1.38 bits per heavy atom. The number of benzene rings is 1. The zero-order valence-electron chi connectivity index (χ0n) is 11.9. The van der Waals surface area contributed by atoms with Crippen molar-refractivity contribution >= 4 is 38.6 Å². The summed E-state index contributed by atoms with van der Waals surface area (Å²) >= 11 is 7.22. The predicted octanol–water partition coefficient (Wildman–Crippen LogP) is 2.97. The van der Waals surface area contributed by atoms with E-state index >= 15 is 0 Å². The van der Waals surface area contributed by atoms with Gasteiger partial charge >= 0.3 is 0 Å². The van der Waals surface area contributed by atoms with E-state index in [1.807, 2.05) is 6.07 Å². The highest BCUT2D eigenvalue weighted by Crippen LogP contribution is 2.24. The average molecular weight is 346 g/mol. The third-order valence-electron chi connectivity index (χ3n) is 2.92. The van der Waals surface area contributed by atoms with Gasteiger partial charge < -0.3 is 5.32 Å². The first-order chi connectivity index (χ1) is 9.80. The number of anilines is 1. The molecule has 21 heavy (non-hydrogen) atoms. The number of nitrogens with zero attached hydrogens (tertiary/aromatic N) is 2. The predicted molar refractivity (Wildman–Crippen MR) is 86.5 cm³/mol. The van der Waals surface area contributed by atoms with Gasteiger partial charge in [-0.15, -0.1) is 11.3 Å². The molecule has 2 rings (SSSR count). The average Bonchev–Trinajstić information content (AvgIpc) is 2.83. The van der Waals surface area contributed by atoms with Crippen LogP contribution in [0.25, 0.3) is 0 Å². The van der Waals surface area contributed by atoms with Crippen LogP contribution in [0, 0.1) is 6.92 Å². The maximum absolute atomic E-state index is 12.3. The lowest BCUT2D eigenvalue weighted by molar-refractivity contribution is 0.520. The highest BCUT2D eigenvalue weighted by molar-refractivity contribution is 7.89. The van der Waals surface area contributed by atoms with Crippen LogP contribution >= 0.6 is 22.9 Å². The van der Waals surface area contributed by atoms with Gasteiger partial charge in [0.2, 0.25) is 10.0 Å². The SMILES string of the molecule is Cc1ccc(NCc2ncc(Cl)s2)cc1S(=O)(=O)N(C)C. The van der Waals surface area contributed by atoms with Crippen molar-refractivity contribution in [3.05, 3.63) is 39.3 Å². The molecule has 0 aliphatic rings. The zero-order chi connectivity index (χ0) is 15.6. The maximum atomic E-state index is 12.3. The van der Waals surface area contributed by atoms with Crippen molar-refractivity contribution in [1.82, 2.24) is 9.29 Å². The van der Waals surface area contributed by atoms with Crippen LogP contribution in [-0.4, -0.2) is 31.8 Å². The van der Waals surface area contributed by atoms with Crippen LogP contribution in [0.3, 0.4) is 0 Å². The first-order valence-corrected chi connectivity index (χ1v) is 8.81. The molecule has 0 saturated heterocycles. The van der Waals surface area contributed by atoms with E-state index in [9.17, 15) is 8.42 Å². The third kappa shape index (κ3) is 3.74. The Morgan fingerprint density at radius 2 is 2.10 bits per heavy atom. The fourth-order valence-corrected chi connectivity index (χ4v) is 3.77. The second kappa shape index (κ2) is 6.31. The van der Waals surface area contributed by atoms with Gasteiger partial charge in [0.1, 0.15) is 9.34 Å². The monoisotopic (exact) mass is 345 g/mol. The van der Waals surface area contributed by atoms with E-state index in [-0.39, 0.29) is 0 Å². The highest BCUT2D eigenvalue weighted by Gasteiger charge is 2.20. The van der Waals surface area contributed by atoms with Crippen molar-refractivity contribution < 1.29 is 8.42 Å². The van der Waals surface area contributed by atoms with Gasteiger partial charge in [-0.25, -0.2) is 17.7 Å². The summed E-state index contributed by atoms with van der Waals surface area (Å²) in [5.41, 5.74) is 1.44. The Morgan fingerprint density at radius 3 is 2.67 bits per heavy atom. The number of hydrogen-bond acceptors (Lipinski definition) is 5. The molecular weight excluding hydrogens is 330 g/mol. The molecule has 5 nitrogen and oxygen atoms in total. The number of halogens is 1. The molecule has 0 saturated carbocycles. The van der Waals surface area contributed by atoms with E-state index in [0.717, 1.165) is 10.7 Å². The molecule has 0 amide bonds. The first kappa shape index (κ1) is 16.2. The van der Waals surface area contributed by atoms with Gasteiger partial charge in [0.15, 0.2) is 0 Å². The Hall–Kier alpha value is -1.15. The Bertz CT molecular complexity index is 742. The summed E-state index contributed by atoms with van der Waals surface area (Å²) < 4.78 is 26.3. The van der Waals surface area contributed by atoms with Gasteiger partial charge in [-0.3, -0.25) is 0 Å². The van der Waals surface area contributed by atoms with Crippen molar-refractivity contribution in [3.8, 4) is 0 Å². The summed E-state index contributed by atoms with van der Waals surface area (Å²) in [5.74, 6) is 0. The van der Waals surface area contributed by atoms with Crippen LogP contribution in [-0.2, 0) is 16.6 Å². The molecule has 0 unspecified atom stereocenters. The standard InChI is InChI=1S/C13H16ClN3O2S2/c1-9-4-5-10(6-11(9)21(18,19)17(2)3)15-8-13-16-7-12(14)20-13/h4-7,15H,8H2,1-3H3. The molecule has 0 radical (unpaired) electrons. The van der Waals surface area contributed by atoms with Crippen molar-refractivity contribution in [2.45, 2.75) is 18.4 Å². The van der Waals surface area contributed by atoms with E-state index < -0.39 is 10.0 Å². The maximum Gasteiger partial charge on any atom is 0.242 e. The zero-order valence-corrected chi connectivity index (χ0v) is 14.3. The summed E-state index contributed by atoms with van der Waals surface area (Å²) in [4.78, 5) is 4.45. The molecule has 0 spiro atoms. The number of hydrogen-bond donors (Lipinski definition) is 1. The first-order valence-electron chi connectivity index (χ1n) is 6.18. The molecule has 0 aliphatic heterocycles. The summed E-state index contributed by atoms with van der Waals surface area (Å²) in [6.07, 6.45) is 1.60. The largest absolute Gasteiger partial charge is 0.378 e. The van der Waals surface area contributed by atoms with Crippen molar-refractivity contribution in [3.63, 3.8) is 0 Å². The molecule has 1 aromatic heterocycles. The van der Waals surface area contributed by atoms with Crippen LogP contribution in [0.5, 0.6) is 0 Å². The van der Waals surface area contributed by atoms with Gasteiger partial charge in [-0.2, -0.15) is 0 Å². The quantitative estimate of drug-likeness (QED) is 0.905. The molecule has 0 atom stereocenters. The van der Waals surface area contributed by atoms with Crippen molar-refractivity contribution in [1.29, 1.82) is 0 Å². The second-order valence-electron chi connectivity index (χ2n) is 4.68. The number of sulfonamides is 1. The van der Waals surface area contributed by atoms with E-state index in [1.54, 1.807) is 25.3 Å². The summed E-state index contributed by atoms with van der Waals surface area (Å²) in [6.45, 7) is 2.28. The van der Waals surface area contributed by atoms with Crippen LogP contribution in [0.4, 0.5) is 5.69 Å². The Labute approximate surface area is 133 Å². The number of aryl methyl sites for hydroxylation is 1. The topological polar surface area (TPSA) is 62.3 Å². The molecule has 0 bridgehead atoms. The molecule has 8 heteroatoms. The second-order valence-corrected chi connectivity index (χ2v) is 8.55. The van der Waals surface area contributed by atoms with E-state index in [1.165, 1.54) is 29.7 Å². The van der Waals surface area contributed by atoms with E-state index in [4.69, 9.17) is 11.6 Å². The lowest BCUT2D eigenvalue weighted by Crippen LogP contribution is -2.23. The number of rotatable bonds is 5. The molecule has 1 heterocycles. The van der Waals surface area contributed by atoms with Crippen LogP contribution < -0.4 is 5.32 Å². The lowest BCUT2D eigenvalue weighted by Gasteiger charge is -2.15. The molecule has 114 valence electrons. The molecular formula is C13H16ClN3O2S2. The van der Waals surface area contributed by atoms with E-state index in [0.29, 0.717) is 21.3 Å². The number of aromatic nitrogens is 1. The molecule has 1 aromatic carbocycles. The van der Waals surface area contributed by atoms with Gasteiger partial charge in [0.25, 0.3) is 0 Å². The summed E-state index contributed by atoms with van der Waals surface area (Å²) in [7, 11) is -0.409. The molecule has 0 fully saturated rings. The number of thiazole rings is 1. The number of nitrogens with one attached hydrogen (secondary N) is 1. The highest BCUT2D eigenvalue weighted by atomic mass is 35.5. The van der Waals surface area contributed by atoms with Gasteiger partial charge in [-0.05, 0) is 24.6 Å². The minimum Gasteiger partial charge on any atom is -0.378 e. The summed E-state index contributed by atoms with van der Waals surface area (Å²) in [6, 6.07) is 5.27. The fraction of sp³-hybridized carbons (Fsp3) is 0.308. The molecule has 1 N–H and O–H groups in total. The van der Waals surface area contributed by atoms with Gasteiger partial charge in [0, 0.05) is 19.8 Å². The van der Waals surface area contributed by atoms with Crippen LogP contribution in [0.2, 0.25) is 4.34 Å². The minimum absolute atomic E-state index is 0.301. The lowest BCUT2D eigenvalue weighted by atomic mass is 10.2. The molecule has 2 aromatic rings. The normalized spacial score (nSPS) is 11.9. The van der Waals surface area contributed by atoms with E-state index in [2.05, 4.69) is 10.3 Å². The van der Waals surface area contributed by atoms with Crippen molar-refractivity contribution in [2.24, 2.45) is 0 Å². The van der Waals surface area contributed by atoms with Gasteiger partial charge in [-0.1, -0.05) is 17.7 Å². The smallest absolute Gasteiger partial charge is 0.242 e. The van der Waals surface area contributed by atoms with Crippen molar-refractivity contribution in [2.75, 3.05) is 19.4 Å².